The number of amides is 1. The lowest BCUT2D eigenvalue weighted by molar-refractivity contribution is 0.102. The summed E-state index contributed by atoms with van der Waals surface area (Å²) in [5, 5.41) is 11.3. The van der Waals surface area contributed by atoms with Crippen LogP contribution < -0.4 is 10.1 Å². The van der Waals surface area contributed by atoms with E-state index in [1.165, 1.54) is 43.5 Å². The Morgan fingerprint density at radius 1 is 1.38 bits per heavy atom. The molecule has 1 amide bonds. The molecule has 1 fully saturated rings. The summed E-state index contributed by atoms with van der Waals surface area (Å²) in [6.07, 6.45) is 0.664. The molecule has 2 aromatic carbocycles. The van der Waals surface area contributed by atoms with Gasteiger partial charge in [-0.3, -0.25) is 4.79 Å². The number of hydrogen-bond acceptors (Lipinski definition) is 6. The summed E-state index contributed by atoms with van der Waals surface area (Å²) in [6, 6.07) is 9.68. The van der Waals surface area contributed by atoms with Crippen LogP contribution in [0.3, 0.4) is 0 Å². The minimum absolute atomic E-state index is 0.0263. The third-order valence-corrected chi connectivity index (χ3v) is 6.50. The van der Waals surface area contributed by atoms with Crippen LogP contribution in [0.2, 0.25) is 0 Å². The first kappa shape index (κ1) is 20.8. The number of halogens is 1. The zero-order valence-electron chi connectivity index (χ0n) is 15.6. The van der Waals surface area contributed by atoms with Crippen molar-refractivity contribution in [2.45, 2.75) is 11.3 Å². The zero-order chi connectivity index (χ0) is 21.0. The molecule has 0 unspecified atom stereocenters. The molecule has 9 heteroatoms. The molecule has 1 aliphatic heterocycles. The lowest BCUT2D eigenvalue weighted by Crippen LogP contribution is -2.18. The number of rotatable bonds is 6. The summed E-state index contributed by atoms with van der Waals surface area (Å²) in [7, 11) is -2.31. The average Bonchev–Trinajstić information content (AvgIpc) is 3.21. The van der Waals surface area contributed by atoms with Gasteiger partial charge in [0.25, 0.3) is 5.91 Å². The smallest absolute Gasteiger partial charge is 0.259 e. The van der Waals surface area contributed by atoms with Crippen molar-refractivity contribution in [3.63, 3.8) is 0 Å². The van der Waals surface area contributed by atoms with E-state index in [9.17, 15) is 17.6 Å². The van der Waals surface area contributed by atoms with Gasteiger partial charge in [-0.25, -0.2) is 12.8 Å². The molecule has 1 aliphatic rings. The minimum Gasteiger partial charge on any atom is -0.496 e. The van der Waals surface area contributed by atoms with E-state index in [0.717, 1.165) is 0 Å². The standard InChI is InChI=1S/C20H19FN2O5S/c1-27-18-6-5-15(29(25,26)12-13-7-8-28-11-13)9-16(18)20(24)23-17-4-2-3-14(10-22)19(17)21/h2-6,9,13H,7-8,11-12H2,1H3,(H,23,24)/t13-/m0/s1. The van der Waals surface area contributed by atoms with Crippen molar-refractivity contribution in [1.82, 2.24) is 0 Å². The van der Waals surface area contributed by atoms with Gasteiger partial charge in [0.05, 0.1) is 41.2 Å². The van der Waals surface area contributed by atoms with E-state index >= 15 is 0 Å². The number of benzene rings is 2. The highest BCUT2D eigenvalue weighted by molar-refractivity contribution is 7.91. The van der Waals surface area contributed by atoms with E-state index in [2.05, 4.69) is 5.32 Å². The number of anilines is 1. The molecule has 2 aromatic rings. The number of methoxy groups -OCH3 is 1. The number of nitriles is 1. The van der Waals surface area contributed by atoms with Gasteiger partial charge in [-0.05, 0) is 42.7 Å². The Labute approximate surface area is 168 Å². The molecule has 0 saturated carbocycles. The SMILES string of the molecule is COc1ccc(S(=O)(=O)C[C@H]2CCOC2)cc1C(=O)Nc1cccc(C#N)c1F. The van der Waals surface area contributed by atoms with Crippen LogP contribution in [-0.4, -0.2) is 40.4 Å². The van der Waals surface area contributed by atoms with Crippen LogP contribution in [0.25, 0.3) is 0 Å². The molecule has 7 nitrogen and oxygen atoms in total. The second-order valence-electron chi connectivity index (χ2n) is 6.61. The summed E-state index contributed by atoms with van der Waals surface area (Å²) >= 11 is 0. The van der Waals surface area contributed by atoms with Crippen LogP contribution >= 0.6 is 0 Å². The fraction of sp³-hybridized carbons (Fsp3) is 0.300. The predicted molar refractivity (Wildman–Crippen MR) is 103 cm³/mol. The molecule has 152 valence electrons. The van der Waals surface area contributed by atoms with Gasteiger partial charge in [0.15, 0.2) is 15.7 Å². The monoisotopic (exact) mass is 418 g/mol. The van der Waals surface area contributed by atoms with Crippen molar-refractivity contribution in [2.75, 3.05) is 31.4 Å². The van der Waals surface area contributed by atoms with Crippen molar-refractivity contribution < 1.29 is 27.1 Å². The number of nitrogens with one attached hydrogen (secondary N) is 1. The van der Waals surface area contributed by atoms with E-state index in [4.69, 9.17) is 14.7 Å². The first-order valence-electron chi connectivity index (χ1n) is 8.84. The molecule has 1 atom stereocenters. The maximum Gasteiger partial charge on any atom is 0.259 e. The fourth-order valence-corrected chi connectivity index (χ4v) is 4.73. The Morgan fingerprint density at radius 3 is 2.83 bits per heavy atom. The molecule has 1 heterocycles. The van der Waals surface area contributed by atoms with Crippen LogP contribution in [-0.2, 0) is 14.6 Å². The van der Waals surface area contributed by atoms with Crippen LogP contribution in [0.5, 0.6) is 5.75 Å². The summed E-state index contributed by atoms with van der Waals surface area (Å²) < 4.78 is 50.1. The molecule has 0 bridgehead atoms. The van der Waals surface area contributed by atoms with Gasteiger partial charge < -0.3 is 14.8 Å². The second-order valence-corrected chi connectivity index (χ2v) is 8.64. The number of nitrogens with zero attached hydrogens (tertiary/aromatic N) is 1. The van der Waals surface area contributed by atoms with Crippen molar-refractivity contribution in [2.24, 2.45) is 5.92 Å². The molecule has 0 aliphatic carbocycles. The molecule has 1 saturated heterocycles. The van der Waals surface area contributed by atoms with Gasteiger partial charge in [0.1, 0.15) is 11.8 Å². The zero-order valence-corrected chi connectivity index (χ0v) is 16.5. The average molecular weight is 418 g/mol. The Morgan fingerprint density at radius 2 is 2.17 bits per heavy atom. The Balaban J connectivity index is 1.91. The summed E-state index contributed by atoms with van der Waals surface area (Å²) in [6.45, 7) is 0.918. The van der Waals surface area contributed by atoms with Crippen LogP contribution in [0.15, 0.2) is 41.3 Å². The highest BCUT2D eigenvalue weighted by atomic mass is 32.2. The molecule has 0 aromatic heterocycles. The normalized spacial score (nSPS) is 16.2. The predicted octanol–water partition coefficient (Wildman–Crippen LogP) is 2.77. The third kappa shape index (κ3) is 4.55. The summed E-state index contributed by atoms with van der Waals surface area (Å²) in [5.74, 6) is -1.66. The van der Waals surface area contributed by atoms with Gasteiger partial charge >= 0.3 is 0 Å². The van der Waals surface area contributed by atoms with E-state index < -0.39 is 21.6 Å². The van der Waals surface area contributed by atoms with E-state index in [1.807, 2.05) is 0 Å². The molecule has 3 rings (SSSR count). The van der Waals surface area contributed by atoms with E-state index in [0.29, 0.717) is 19.6 Å². The first-order chi connectivity index (χ1) is 13.9. The highest BCUT2D eigenvalue weighted by Gasteiger charge is 2.26. The fourth-order valence-electron chi connectivity index (χ4n) is 3.08. The molecule has 29 heavy (non-hydrogen) atoms. The largest absolute Gasteiger partial charge is 0.496 e. The van der Waals surface area contributed by atoms with Crippen LogP contribution in [0, 0.1) is 23.1 Å². The third-order valence-electron chi connectivity index (χ3n) is 4.62. The van der Waals surface area contributed by atoms with Crippen molar-refractivity contribution in [3.8, 4) is 11.8 Å². The molecule has 0 radical (unpaired) electrons. The Kier molecular flexibility index (Phi) is 6.15. The topological polar surface area (TPSA) is 105 Å². The van der Waals surface area contributed by atoms with Crippen molar-refractivity contribution in [3.05, 3.63) is 53.3 Å². The summed E-state index contributed by atoms with van der Waals surface area (Å²) in [4.78, 5) is 12.7. The lowest BCUT2D eigenvalue weighted by Gasteiger charge is -2.13. The number of sulfone groups is 1. The van der Waals surface area contributed by atoms with Crippen LogP contribution in [0.1, 0.15) is 22.3 Å². The molecular weight excluding hydrogens is 399 g/mol. The molecule has 0 spiro atoms. The van der Waals surface area contributed by atoms with Crippen molar-refractivity contribution >= 4 is 21.4 Å². The van der Waals surface area contributed by atoms with Crippen molar-refractivity contribution in [1.29, 1.82) is 5.26 Å². The highest BCUT2D eigenvalue weighted by Crippen LogP contribution is 2.27. The van der Waals surface area contributed by atoms with Gasteiger partial charge in [0.2, 0.25) is 0 Å². The second kappa shape index (κ2) is 8.59. The number of carbonyl (C=O) groups excluding carboxylic acids is 1. The molecule has 1 N–H and O–H groups in total. The minimum atomic E-state index is -3.65. The first-order valence-corrected chi connectivity index (χ1v) is 10.5. The number of hydrogen-bond donors (Lipinski definition) is 1. The van der Waals surface area contributed by atoms with E-state index in [-0.39, 0.29) is 39.1 Å². The summed E-state index contributed by atoms with van der Waals surface area (Å²) in [5.41, 5.74) is -0.463. The Hall–Kier alpha value is -2.96. The number of carbonyl (C=O) groups is 1. The number of ether oxygens (including phenoxy) is 2. The van der Waals surface area contributed by atoms with Crippen LogP contribution in [0.4, 0.5) is 10.1 Å². The van der Waals surface area contributed by atoms with Gasteiger partial charge in [-0.1, -0.05) is 6.07 Å². The molecular formula is C20H19FN2O5S. The maximum absolute atomic E-state index is 14.3. The lowest BCUT2D eigenvalue weighted by atomic mass is 10.1. The van der Waals surface area contributed by atoms with Gasteiger partial charge in [-0.15, -0.1) is 0 Å². The van der Waals surface area contributed by atoms with Gasteiger partial charge in [-0.2, -0.15) is 5.26 Å². The quantitative estimate of drug-likeness (QED) is 0.773. The maximum atomic E-state index is 14.3. The Bertz CT molecular complexity index is 1070. The van der Waals surface area contributed by atoms with E-state index in [1.54, 1.807) is 6.07 Å². The van der Waals surface area contributed by atoms with Gasteiger partial charge in [0, 0.05) is 6.61 Å².